The highest BCUT2D eigenvalue weighted by Crippen LogP contribution is 2.50. The maximum Gasteiger partial charge on any atom is 0.249 e. The second-order valence-electron chi connectivity index (χ2n) is 12.0. The minimum absolute atomic E-state index is 0.217. The Morgan fingerprint density at radius 2 is 0.867 bits per heavy atom. The topological polar surface area (TPSA) is 3.24 Å². The minimum Gasteiger partial charge on any atom is -0.311 e. The molecule has 1 aliphatic carbocycles. The van der Waals surface area contributed by atoms with Crippen molar-refractivity contribution < 1.29 is 0 Å². The van der Waals surface area contributed by atoms with Crippen LogP contribution in [0.4, 0.5) is 17.1 Å². The van der Waals surface area contributed by atoms with E-state index in [0.717, 1.165) is 0 Å². The summed E-state index contributed by atoms with van der Waals surface area (Å²) >= 11 is 1.90. The number of fused-ring (bicyclic) bond motifs is 12. The van der Waals surface area contributed by atoms with E-state index in [1.807, 2.05) is 11.8 Å². The van der Waals surface area contributed by atoms with Crippen molar-refractivity contribution in [1.29, 1.82) is 0 Å². The van der Waals surface area contributed by atoms with Gasteiger partial charge < -0.3 is 4.90 Å². The van der Waals surface area contributed by atoms with Crippen LogP contribution in [0.15, 0.2) is 168 Å². The zero-order chi connectivity index (χ0) is 29.5. The summed E-state index contributed by atoms with van der Waals surface area (Å²) in [6.45, 7) is 0.217. The molecule has 3 aliphatic rings. The zero-order valence-electron chi connectivity index (χ0n) is 24.4. The summed E-state index contributed by atoms with van der Waals surface area (Å²) in [5.74, 6) is 0. The Morgan fingerprint density at radius 1 is 0.378 bits per heavy atom. The van der Waals surface area contributed by atoms with Crippen molar-refractivity contribution in [3.8, 4) is 44.5 Å². The first-order chi connectivity index (χ1) is 22.3. The third-order valence-electron chi connectivity index (χ3n) is 9.71. The van der Waals surface area contributed by atoms with E-state index < -0.39 is 0 Å². The monoisotopic (exact) mass is 587 g/mol. The molecule has 0 radical (unpaired) electrons. The molecule has 45 heavy (non-hydrogen) atoms. The molecule has 0 saturated carbocycles. The fraction of sp³-hybridized carbons (Fsp3) is 0. The zero-order valence-corrected chi connectivity index (χ0v) is 25.3. The summed E-state index contributed by atoms with van der Waals surface area (Å²) in [6, 6.07) is 58.5. The number of hydrogen-bond acceptors (Lipinski definition) is 2. The highest BCUT2D eigenvalue weighted by molar-refractivity contribution is 8.00. The number of anilines is 3. The van der Waals surface area contributed by atoms with Gasteiger partial charge in [0.05, 0.1) is 0 Å². The Bertz CT molecular complexity index is 2330. The fourth-order valence-corrected chi connectivity index (χ4v) is 9.01. The first-order valence-corrected chi connectivity index (χ1v) is 16.4. The van der Waals surface area contributed by atoms with Crippen LogP contribution in [0.25, 0.3) is 44.5 Å². The minimum atomic E-state index is 0.217. The van der Waals surface area contributed by atoms with E-state index in [0.29, 0.717) is 0 Å². The molecule has 0 saturated heterocycles. The predicted molar refractivity (Wildman–Crippen MR) is 192 cm³/mol. The van der Waals surface area contributed by atoms with E-state index in [1.165, 1.54) is 87.7 Å². The highest BCUT2D eigenvalue weighted by Gasteiger charge is 2.40. The van der Waals surface area contributed by atoms with E-state index in [-0.39, 0.29) is 6.71 Å². The predicted octanol–water partition coefficient (Wildman–Crippen LogP) is 9.43. The molecule has 3 heteroatoms. The van der Waals surface area contributed by atoms with E-state index in [1.54, 1.807) is 0 Å². The average Bonchev–Trinajstić information content (AvgIpc) is 3.11. The molecule has 0 fully saturated rings. The lowest BCUT2D eigenvalue weighted by molar-refractivity contribution is 1.27. The summed E-state index contributed by atoms with van der Waals surface area (Å²) < 4.78 is 0. The molecule has 0 unspecified atom stereocenters. The number of benzene rings is 7. The largest absolute Gasteiger partial charge is 0.311 e. The van der Waals surface area contributed by atoms with Crippen LogP contribution in [0.5, 0.6) is 0 Å². The third-order valence-corrected chi connectivity index (χ3v) is 10.9. The second-order valence-corrected chi connectivity index (χ2v) is 13.1. The van der Waals surface area contributed by atoms with E-state index in [2.05, 4.69) is 163 Å². The van der Waals surface area contributed by atoms with Gasteiger partial charge in [0.1, 0.15) is 0 Å². The van der Waals surface area contributed by atoms with Crippen LogP contribution in [-0.4, -0.2) is 6.71 Å². The van der Waals surface area contributed by atoms with Crippen LogP contribution in [0, 0.1) is 0 Å². The first kappa shape index (κ1) is 25.1. The van der Waals surface area contributed by atoms with Crippen molar-refractivity contribution in [3.63, 3.8) is 0 Å². The van der Waals surface area contributed by atoms with Crippen molar-refractivity contribution in [2.24, 2.45) is 0 Å². The molecular weight excluding hydrogens is 561 g/mol. The van der Waals surface area contributed by atoms with Gasteiger partial charge in [0.15, 0.2) is 0 Å². The highest BCUT2D eigenvalue weighted by atomic mass is 32.2. The molecule has 0 amide bonds. The van der Waals surface area contributed by atoms with Crippen molar-refractivity contribution in [2.75, 3.05) is 4.90 Å². The van der Waals surface area contributed by atoms with Crippen molar-refractivity contribution >= 4 is 51.9 Å². The first-order valence-electron chi connectivity index (χ1n) is 15.6. The number of para-hydroxylation sites is 1. The maximum atomic E-state index is 2.50. The summed E-state index contributed by atoms with van der Waals surface area (Å²) in [6.07, 6.45) is 0. The molecule has 208 valence electrons. The molecular formula is C42H26BNS. The van der Waals surface area contributed by atoms with Gasteiger partial charge in [-0.1, -0.05) is 139 Å². The SMILES string of the molecule is c1ccc2c(c1)Sc1cccc3c1B2c1ccccc1N3c1ccc2c(c1)-c1ccccc1-c1ccccc1-c1ccccc1-2. The quantitative estimate of drug-likeness (QED) is 0.176. The summed E-state index contributed by atoms with van der Waals surface area (Å²) in [5, 5.41) is 0. The molecule has 2 aliphatic heterocycles. The van der Waals surface area contributed by atoms with Crippen LogP contribution in [0.3, 0.4) is 0 Å². The second kappa shape index (κ2) is 9.63. The Kier molecular flexibility index (Phi) is 5.37. The number of hydrogen-bond donors (Lipinski definition) is 0. The van der Waals surface area contributed by atoms with Crippen molar-refractivity contribution in [3.05, 3.63) is 158 Å². The maximum absolute atomic E-state index is 2.50. The third kappa shape index (κ3) is 3.59. The van der Waals surface area contributed by atoms with Gasteiger partial charge >= 0.3 is 0 Å². The van der Waals surface area contributed by atoms with Gasteiger partial charge in [0.2, 0.25) is 6.71 Å². The normalized spacial score (nSPS) is 13.2. The van der Waals surface area contributed by atoms with E-state index in [9.17, 15) is 0 Å². The number of rotatable bonds is 1. The fourth-order valence-electron chi connectivity index (χ4n) is 7.85. The summed E-state index contributed by atoms with van der Waals surface area (Å²) in [4.78, 5) is 5.20. The van der Waals surface area contributed by atoms with Crippen molar-refractivity contribution in [2.45, 2.75) is 9.79 Å². The lowest BCUT2D eigenvalue weighted by Gasteiger charge is -2.40. The molecule has 0 atom stereocenters. The van der Waals surface area contributed by atoms with E-state index in [4.69, 9.17) is 0 Å². The smallest absolute Gasteiger partial charge is 0.249 e. The lowest BCUT2D eigenvalue weighted by Crippen LogP contribution is -2.59. The molecule has 0 aromatic heterocycles. The van der Waals surface area contributed by atoms with Crippen LogP contribution in [0.2, 0.25) is 0 Å². The van der Waals surface area contributed by atoms with Gasteiger partial charge in [-0.15, -0.1) is 0 Å². The lowest BCUT2D eigenvalue weighted by atomic mass is 9.35. The van der Waals surface area contributed by atoms with Gasteiger partial charge in [0, 0.05) is 26.9 Å². The molecule has 2 heterocycles. The Hall–Kier alpha value is -5.25. The molecule has 1 nitrogen and oxygen atoms in total. The molecule has 0 bridgehead atoms. The average molecular weight is 588 g/mol. The van der Waals surface area contributed by atoms with Crippen molar-refractivity contribution in [1.82, 2.24) is 0 Å². The van der Waals surface area contributed by atoms with E-state index >= 15 is 0 Å². The standard InChI is InChI=1S/C42H26BNS/c1-2-13-29-28(12-1)30-14-3-4-16-32(30)34-25-24-27(26-35(34)33-17-6-5-15-31(29)33)44-38-20-9-7-18-36(38)43-37-19-8-10-22-40(37)45-41-23-11-21-39(44)42(41)43/h1-26H. The molecule has 7 aromatic rings. The van der Waals surface area contributed by atoms with Gasteiger partial charge in [-0.3, -0.25) is 0 Å². The molecule has 10 rings (SSSR count). The van der Waals surface area contributed by atoms with Gasteiger partial charge in [-0.05, 0) is 91.8 Å². The molecule has 0 N–H and O–H groups in total. The van der Waals surface area contributed by atoms with Crippen LogP contribution in [-0.2, 0) is 0 Å². The van der Waals surface area contributed by atoms with Crippen LogP contribution >= 0.6 is 11.8 Å². The Labute approximate surface area is 267 Å². The van der Waals surface area contributed by atoms with Crippen LogP contribution in [0.1, 0.15) is 0 Å². The Balaban J connectivity index is 1.25. The Morgan fingerprint density at radius 3 is 1.53 bits per heavy atom. The number of nitrogens with zero attached hydrogens (tertiary/aromatic N) is 1. The summed E-state index contributed by atoms with van der Waals surface area (Å²) in [7, 11) is 0. The van der Waals surface area contributed by atoms with Gasteiger partial charge in [-0.2, -0.15) is 0 Å². The van der Waals surface area contributed by atoms with Crippen LogP contribution < -0.4 is 21.3 Å². The van der Waals surface area contributed by atoms with Gasteiger partial charge in [0.25, 0.3) is 0 Å². The van der Waals surface area contributed by atoms with Gasteiger partial charge in [-0.25, -0.2) is 0 Å². The molecule has 7 aromatic carbocycles. The summed E-state index contributed by atoms with van der Waals surface area (Å²) in [5.41, 5.74) is 18.0. The molecule has 0 spiro atoms.